The van der Waals surface area contributed by atoms with Crippen LogP contribution in [0.15, 0.2) is 0 Å². The molecule has 1 amide bonds. The molecule has 7 heteroatoms. The first-order chi connectivity index (χ1) is 6.81. The Kier molecular flexibility index (Phi) is 6.46. The van der Waals surface area contributed by atoms with E-state index in [1.54, 1.807) is 0 Å². The van der Waals surface area contributed by atoms with Gasteiger partial charge in [0.15, 0.2) is 0 Å². The summed E-state index contributed by atoms with van der Waals surface area (Å²) >= 11 is 0. The van der Waals surface area contributed by atoms with Crippen LogP contribution in [-0.2, 0) is 14.8 Å². The molecule has 90 valence electrons. The SMILES string of the molecule is CN(C)CCCNC(=O)CNS(C)(=O)=O. The van der Waals surface area contributed by atoms with Gasteiger partial charge in [-0.3, -0.25) is 4.79 Å². The predicted octanol–water partition coefficient (Wildman–Crippen LogP) is -1.40. The van der Waals surface area contributed by atoms with Crippen molar-refractivity contribution in [2.24, 2.45) is 0 Å². The van der Waals surface area contributed by atoms with Gasteiger partial charge in [-0.1, -0.05) is 0 Å². The standard InChI is InChI=1S/C8H19N3O3S/c1-11(2)6-4-5-9-8(12)7-10-15(3,13)14/h10H,4-7H2,1-3H3,(H,9,12). The Hall–Kier alpha value is -0.660. The number of amides is 1. The Morgan fingerprint density at radius 2 is 1.93 bits per heavy atom. The molecule has 0 aliphatic carbocycles. The summed E-state index contributed by atoms with van der Waals surface area (Å²) in [5, 5.41) is 2.62. The van der Waals surface area contributed by atoms with Gasteiger partial charge in [0.1, 0.15) is 0 Å². The summed E-state index contributed by atoms with van der Waals surface area (Å²) in [7, 11) is 0.621. The van der Waals surface area contributed by atoms with Crippen molar-refractivity contribution >= 4 is 15.9 Å². The lowest BCUT2D eigenvalue weighted by Crippen LogP contribution is -2.37. The van der Waals surface area contributed by atoms with E-state index in [0.29, 0.717) is 6.54 Å². The van der Waals surface area contributed by atoms with Gasteiger partial charge in [-0.15, -0.1) is 0 Å². The molecule has 0 saturated heterocycles. The summed E-state index contributed by atoms with van der Waals surface area (Å²) in [6.07, 6.45) is 1.87. The van der Waals surface area contributed by atoms with Crippen LogP contribution in [0, 0.1) is 0 Å². The van der Waals surface area contributed by atoms with Gasteiger partial charge >= 0.3 is 0 Å². The maximum absolute atomic E-state index is 11.1. The van der Waals surface area contributed by atoms with E-state index in [1.165, 1.54) is 0 Å². The quantitative estimate of drug-likeness (QED) is 0.534. The molecule has 0 saturated carbocycles. The minimum absolute atomic E-state index is 0.194. The van der Waals surface area contributed by atoms with Crippen molar-refractivity contribution in [1.82, 2.24) is 14.9 Å². The first kappa shape index (κ1) is 14.3. The monoisotopic (exact) mass is 237 g/mol. The molecule has 0 rings (SSSR count). The highest BCUT2D eigenvalue weighted by Gasteiger charge is 2.05. The van der Waals surface area contributed by atoms with Crippen LogP contribution in [0.5, 0.6) is 0 Å². The molecule has 0 aliphatic heterocycles. The number of sulfonamides is 1. The van der Waals surface area contributed by atoms with Crippen molar-refractivity contribution in [1.29, 1.82) is 0 Å². The Bertz CT molecular complexity index is 288. The van der Waals surface area contributed by atoms with Crippen LogP contribution >= 0.6 is 0 Å². The molecule has 0 aromatic carbocycles. The molecule has 0 aliphatic rings. The molecular formula is C8H19N3O3S. The lowest BCUT2D eigenvalue weighted by Gasteiger charge is -2.09. The Balaban J connectivity index is 3.50. The first-order valence-corrected chi connectivity index (χ1v) is 6.56. The molecule has 15 heavy (non-hydrogen) atoms. The molecule has 0 fully saturated rings. The smallest absolute Gasteiger partial charge is 0.235 e. The van der Waals surface area contributed by atoms with Crippen LogP contribution in [0.25, 0.3) is 0 Å². The van der Waals surface area contributed by atoms with Crippen molar-refractivity contribution in [3.63, 3.8) is 0 Å². The van der Waals surface area contributed by atoms with E-state index in [4.69, 9.17) is 0 Å². The van der Waals surface area contributed by atoms with E-state index in [9.17, 15) is 13.2 Å². The number of carbonyl (C=O) groups is 1. The van der Waals surface area contributed by atoms with Gasteiger partial charge in [-0.2, -0.15) is 0 Å². The summed E-state index contributed by atoms with van der Waals surface area (Å²) in [6, 6.07) is 0. The lowest BCUT2D eigenvalue weighted by atomic mass is 10.4. The summed E-state index contributed by atoms with van der Waals surface area (Å²) in [6.45, 7) is 1.25. The van der Waals surface area contributed by atoms with E-state index in [2.05, 4.69) is 10.0 Å². The zero-order chi connectivity index (χ0) is 11.9. The van der Waals surface area contributed by atoms with Gasteiger partial charge in [0, 0.05) is 6.54 Å². The van der Waals surface area contributed by atoms with Crippen molar-refractivity contribution in [3.8, 4) is 0 Å². The van der Waals surface area contributed by atoms with E-state index in [-0.39, 0.29) is 12.5 Å². The number of hydrogen-bond acceptors (Lipinski definition) is 4. The Morgan fingerprint density at radius 3 is 2.40 bits per heavy atom. The highest BCUT2D eigenvalue weighted by Crippen LogP contribution is 1.81. The van der Waals surface area contributed by atoms with Crippen molar-refractivity contribution in [2.75, 3.05) is 40.0 Å². The molecule has 0 spiro atoms. The maximum Gasteiger partial charge on any atom is 0.235 e. The number of nitrogens with one attached hydrogen (secondary N) is 2. The summed E-state index contributed by atoms with van der Waals surface area (Å²) in [5.74, 6) is -0.306. The van der Waals surface area contributed by atoms with Gasteiger partial charge < -0.3 is 10.2 Å². The predicted molar refractivity (Wildman–Crippen MR) is 59.0 cm³/mol. The lowest BCUT2D eigenvalue weighted by molar-refractivity contribution is -0.119. The third-order valence-electron chi connectivity index (χ3n) is 1.60. The third kappa shape index (κ3) is 11.3. The Morgan fingerprint density at radius 1 is 1.33 bits per heavy atom. The fourth-order valence-corrected chi connectivity index (χ4v) is 1.28. The topological polar surface area (TPSA) is 78.5 Å². The van der Waals surface area contributed by atoms with Crippen molar-refractivity contribution in [2.45, 2.75) is 6.42 Å². The molecule has 0 radical (unpaired) electrons. The highest BCUT2D eigenvalue weighted by atomic mass is 32.2. The normalized spacial score (nSPS) is 11.7. The molecule has 0 atom stereocenters. The second-order valence-corrected chi connectivity index (χ2v) is 5.43. The van der Waals surface area contributed by atoms with E-state index >= 15 is 0 Å². The molecule has 6 nitrogen and oxygen atoms in total. The van der Waals surface area contributed by atoms with Gasteiger partial charge in [0.05, 0.1) is 12.8 Å². The van der Waals surface area contributed by atoms with Crippen LogP contribution < -0.4 is 10.0 Å². The molecule has 0 heterocycles. The maximum atomic E-state index is 11.1. The van der Waals surface area contributed by atoms with Crippen LogP contribution in [0.4, 0.5) is 0 Å². The highest BCUT2D eigenvalue weighted by molar-refractivity contribution is 7.88. The minimum atomic E-state index is -3.28. The van der Waals surface area contributed by atoms with Crippen molar-refractivity contribution in [3.05, 3.63) is 0 Å². The zero-order valence-electron chi connectivity index (χ0n) is 9.41. The largest absolute Gasteiger partial charge is 0.355 e. The molecular weight excluding hydrogens is 218 g/mol. The minimum Gasteiger partial charge on any atom is -0.355 e. The van der Waals surface area contributed by atoms with Crippen LogP contribution in [0.1, 0.15) is 6.42 Å². The molecule has 0 bridgehead atoms. The molecule has 2 N–H and O–H groups in total. The number of nitrogens with zero attached hydrogens (tertiary/aromatic N) is 1. The fourth-order valence-electron chi connectivity index (χ4n) is 0.882. The van der Waals surface area contributed by atoms with E-state index < -0.39 is 10.0 Å². The summed E-state index contributed by atoms with van der Waals surface area (Å²) in [4.78, 5) is 13.1. The van der Waals surface area contributed by atoms with Gasteiger partial charge in [0.25, 0.3) is 0 Å². The average Bonchev–Trinajstić information content (AvgIpc) is 2.07. The van der Waals surface area contributed by atoms with E-state index in [1.807, 2.05) is 19.0 Å². The summed E-state index contributed by atoms with van der Waals surface area (Å²) < 4.78 is 23.4. The third-order valence-corrected chi connectivity index (χ3v) is 2.27. The average molecular weight is 237 g/mol. The number of carbonyl (C=O) groups excluding carboxylic acids is 1. The zero-order valence-corrected chi connectivity index (χ0v) is 10.2. The fraction of sp³-hybridized carbons (Fsp3) is 0.875. The molecule has 0 unspecified atom stereocenters. The van der Waals surface area contributed by atoms with Crippen LogP contribution in [-0.4, -0.2) is 59.2 Å². The van der Waals surface area contributed by atoms with Crippen molar-refractivity contribution < 1.29 is 13.2 Å². The molecule has 0 aromatic rings. The number of rotatable bonds is 7. The van der Waals surface area contributed by atoms with Crippen LogP contribution in [0.3, 0.4) is 0 Å². The Labute approximate surface area is 91.1 Å². The molecule has 0 aromatic heterocycles. The number of hydrogen-bond donors (Lipinski definition) is 2. The van der Waals surface area contributed by atoms with E-state index in [0.717, 1.165) is 19.2 Å². The first-order valence-electron chi connectivity index (χ1n) is 4.67. The van der Waals surface area contributed by atoms with Crippen LogP contribution in [0.2, 0.25) is 0 Å². The summed E-state index contributed by atoms with van der Waals surface area (Å²) in [5.41, 5.74) is 0. The van der Waals surface area contributed by atoms with Gasteiger partial charge in [-0.05, 0) is 27.1 Å². The van der Waals surface area contributed by atoms with Gasteiger partial charge in [-0.25, -0.2) is 13.1 Å². The van der Waals surface area contributed by atoms with Gasteiger partial charge in [0.2, 0.25) is 15.9 Å². The second-order valence-electron chi connectivity index (χ2n) is 3.60. The second kappa shape index (κ2) is 6.76.